The van der Waals surface area contributed by atoms with Crippen molar-refractivity contribution < 1.29 is 27.1 Å². The summed E-state index contributed by atoms with van der Waals surface area (Å²) in [5, 5.41) is 0.935. The zero-order chi connectivity index (χ0) is 23.5. The molecule has 3 rings (SSSR count). The van der Waals surface area contributed by atoms with Crippen molar-refractivity contribution in [1.82, 2.24) is 4.98 Å². The molecule has 0 bridgehead atoms. The van der Waals surface area contributed by atoms with Gasteiger partial charge in [0, 0.05) is 16.9 Å². The third-order valence-electron chi connectivity index (χ3n) is 5.05. The maximum absolute atomic E-state index is 12.8. The molecule has 0 atom stereocenters. The van der Waals surface area contributed by atoms with Crippen LogP contribution < -0.4 is 0 Å². The number of carbonyl (C=O) groups is 1. The van der Waals surface area contributed by atoms with E-state index < -0.39 is 11.7 Å². The first-order chi connectivity index (χ1) is 15.1. The van der Waals surface area contributed by atoms with E-state index in [0.717, 1.165) is 39.0 Å². The molecule has 0 aliphatic heterocycles. The van der Waals surface area contributed by atoms with E-state index in [2.05, 4.69) is 0 Å². The van der Waals surface area contributed by atoms with Gasteiger partial charge < -0.3 is 9.15 Å². The van der Waals surface area contributed by atoms with Crippen LogP contribution in [-0.2, 0) is 35.0 Å². The highest BCUT2D eigenvalue weighted by molar-refractivity contribution is 7.11. The molecule has 1 aromatic carbocycles. The van der Waals surface area contributed by atoms with E-state index in [0.29, 0.717) is 30.8 Å². The topological polar surface area (TPSA) is 52.3 Å². The van der Waals surface area contributed by atoms with Crippen molar-refractivity contribution in [3.8, 4) is 11.3 Å². The van der Waals surface area contributed by atoms with Gasteiger partial charge in [0.2, 0.25) is 0 Å². The van der Waals surface area contributed by atoms with Gasteiger partial charge in [-0.1, -0.05) is 26.0 Å². The lowest BCUT2D eigenvalue weighted by atomic mass is 10.1. The van der Waals surface area contributed by atoms with Gasteiger partial charge in [-0.3, -0.25) is 4.79 Å². The van der Waals surface area contributed by atoms with Crippen molar-refractivity contribution in [2.75, 3.05) is 6.61 Å². The van der Waals surface area contributed by atoms with Crippen LogP contribution in [0.5, 0.6) is 0 Å². The minimum Gasteiger partial charge on any atom is -0.466 e. The van der Waals surface area contributed by atoms with Crippen LogP contribution in [0.3, 0.4) is 0 Å². The third kappa shape index (κ3) is 5.79. The Labute approximate surface area is 189 Å². The molecule has 0 N–H and O–H groups in total. The molecule has 0 spiro atoms. The number of ether oxygens (including phenoxy) is 1. The Bertz CT molecular complexity index is 1070. The predicted octanol–water partition coefficient (Wildman–Crippen LogP) is 6.74. The molecule has 172 valence electrons. The number of rotatable bonds is 8. The minimum atomic E-state index is -4.36. The molecule has 4 nitrogen and oxygen atoms in total. The van der Waals surface area contributed by atoms with Crippen LogP contribution in [-0.4, -0.2) is 17.6 Å². The monoisotopic (exact) mass is 465 g/mol. The van der Waals surface area contributed by atoms with Crippen LogP contribution in [0.4, 0.5) is 13.2 Å². The first kappa shape index (κ1) is 24.0. The Kier molecular flexibility index (Phi) is 7.44. The normalized spacial score (nSPS) is 11.9. The molecule has 0 aliphatic rings. The summed E-state index contributed by atoms with van der Waals surface area (Å²) in [4.78, 5) is 17.6. The highest BCUT2D eigenvalue weighted by Gasteiger charge is 2.30. The summed E-state index contributed by atoms with van der Waals surface area (Å²) in [5.74, 6) is 1.21. The highest BCUT2D eigenvalue weighted by atomic mass is 32.1. The van der Waals surface area contributed by atoms with Crippen LogP contribution >= 0.6 is 11.3 Å². The van der Waals surface area contributed by atoms with Gasteiger partial charge >= 0.3 is 12.1 Å². The molecular weight excluding hydrogens is 439 g/mol. The van der Waals surface area contributed by atoms with E-state index in [1.165, 1.54) is 23.5 Å². The van der Waals surface area contributed by atoms with Crippen molar-refractivity contribution in [1.29, 1.82) is 0 Å². The highest BCUT2D eigenvalue weighted by Crippen LogP contribution is 2.33. The molecule has 0 fully saturated rings. The van der Waals surface area contributed by atoms with E-state index in [-0.39, 0.29) is 18.3 Å². The largest absolute Gasteiger partial charge is 0.466 e. The molecular formula is C24H26F3NO3S. The van der Waals surface area contributed by atoms with E-state index in [1.807, 2.05) is 26.8 Å². The molecule has 8 heteroatoms. The van der Waals surface area contributed by atoms with Gasteiger partial charge in [-0.25, -0.2) is 4.98 Å². The summed E-state index contributed by atoms with van der Waals surface area (Å²) in [5.41, 5.74) is 1.81. The second-order valence-corrected chi connectivity index (χ2v) is 8.99. The number of carbonyl (C=O) groups excluding carboxylic acids is 1. The summed E-state index contributed by atoms with van der Waals surface area (Å²) < 4.78 is 49.2. The van der Waals surface area contributed by atoms with Gasteiger partial charge in [-0.15, -0.1) is 11.3 Å². The number of halogens is 3. The molecule has 0 saturated heterocycles. The van der Waals surface area contributed by atoms with Crippen molar-refractivity contribution in [3.63, 3.8) is 0 Å². The number of furan rings is 1. The van der Waals surface area contributed by atoms with Crippen molar-refractivity contribution in [3.05, 3.63) is 62.8 Å². The van der Waals surface area contributed by atoms with Crippen LogP contribution in [0, 0.1) is 6.92 Å². The van der Waals surface area contributed by atoms with Gasteiger partial charge in [0.25, 0.3) is 0 Å². The average Bonchev–Trinajstić information content (AvgIpc) is 3.29. The molecule has 32 heavy (non-hydrogen) atoms. The first-order valence-electron chi connectivity index (χ1n) is 10.5. The maximum Gasteiger partial charge on any atom is 0.416 e. The summed E-state index contributed by atoms with van der Waals surface area (Å²) >= 11 is 1.53. The van der Waals surface area contributed by atoms with Crippen molar-refractivity contribution >= 4 is 17.3 Å². The van der Waals surface area contributed by atoms with E-state index in [1.54, 1.807) is 6.92 Å². The lowest BCUT2D eigenvalue weighted by molar-refractivity contribution is -0.142. The number of aryl methyl sites for hydroxylation is 3. The second kappa shape index (κ2) is 9.90. The first-order valence-corrected chi connectivity index (χ1v) is 11.3. The molecule has 0 saturated carbocycles. The molecule has 0 unspecified atom stereocenters. The van der Waals surface area contributed by atoms with Gasteiger partial charge in [-0.2, -0.15) is 13.2 Å². The average molecular weight is 466 g/mol. The molecule has 2 aromatic heterocycles. The van der Waals surface area contributed by atoms with Crippen LogP contribution in [0.1, 0.15) is 59.2 Å². The zero-order valence-electron chi connectivity index (χ0n) is 18.5. The third-order valence-corrected chi connectivity index (χ3v) is 6.19. The van der Waals surface area contributed by atoms with E-state index in [4.69, 9.17) is 14.1 Å². The number of aromatic nitrogens is 1. The van der Waals surface area contributed by atoms with Crippen LogP contribution in [0.25, 0.3) is 11.3 Å². The lowest BCUT2D eigenvalue weighted by Crippen LogP contribution is -2.08. The zero-order valence-corrected chi connectivity index (χ0v) is 19.3. The second-order valence-electron chi connectivity index (χ2n) is 7.82. The fourth-order valence-electron chi connectivity index (χ4n) is 3.42. The summed E-state index contributed by atoms with van der Waals surface area (Å²) in [6.07, 6.45) is -2.78. The number of hydrogen-bond donors (Lipinski definition) is 0. The SMILES string of the molecule is CCOC(=O)Cc1sc(CCc2cc(-c3ccc(C(F)(F)F)cc3)oc2C)nc1C(C)C. The molecule has 0 radical (unpaired) electrons. The number of esters is 1. The van der Waals surface area contributed by atoms with Gasteiger partial charge in [-0.05, 0) is 49.9 Å². The summed E-state index contributed by atoms with van der Waals surface area (Å²) in [7, 11) is 0. The van der Waals surface area contributed by atoms with Gasteiger partial charge in [0.15, 0.2) is 0 Å². The van der Waals surface area contributed by atoms with Gasteiger partial charge in [0.1, 0.15) is 11.5 Å². The lowest BCUT2D eigenvalue weighted by Gasteiger charge is -2.06. The minimum absolute atomic E-state index is 0.200. The van der Waals surface area contributed by atoms with Crippen LogP contribution in [0.15, 0.2) is 34.7 Å². The molecule has 0 aliphatic carbocycles. The standard InChI is InChI=1S/C24H26F3NO3S/c1-5-30-22(29)13-20-23(14(2)3)28-21(32-20)11-8-17-12-19(31-15(17)4)16-6-9-18(10-7-16)24(25,26)27/h6-7,9-10,12,14H,5,8,11,13H2,1-4H3. The molecule has 3 aromatic rings. The fraction of sp³-hybridized carbons (Fsp3) is 0.417. The summed E-state index contributed by atoms with van der Waals surface area (Å²) in [6, 6.07) is 6.82. The van der Waals surface area contributed by atoms with Crippen molar-refractivity contribution in [2.45, 2.75) is 59.1 Å². The Morgan fingerprint density at radius 3 is 2.47 bits per heavy atom. The number of benzene rings is 1. The fourth-order valence-corrected chi connectivity index (χ4v) is 4.63. The van der Waals surface area contributed by atoms with E-state index in [9.17, 15) is 18.0 Å². The number of hydrogen-bond acceptors (Lipinski definition) is 5. The molecule has 0 amide bonds. The van der Waals surface area contributed by atoms with E-state index >= 15 is 0 Å². The quantitative estimate of drug-likeness (QED) is 0.346. The number of nitrogens with zero attached hydrogens (tertiary/aromatic N) is 1. The Hall–Kier alpha value is -2.61. The summed E-state index contributed by atoms with van der Waals surface area (Å²) in [6.45, 7) is 8.07. The van der Waals surface area contributed by atoms with Gasteiger partial charge in [0.05, 0.1) is 29.3 Å². The van der Waals surface area contributed by atoms with Crippen molar-refractivity contribution in [2.24, 2.45) is 0 Å². The molecule has 2 heterocycles. The van der Waals surface area contributed by atoms with Crippen LogP contribution in [0.2, 0.25) is 0 Å². The number of thiazole rings is 1. The predicted molar refractivity (Wildman–Crippen MR) is 118 cm³/mol. The Morgan fingerprint density at radius 1 is 1.19 bits per heavy atom. The smallest absolute Gasteiger partial charge is 0.416 e. The number of alkyl halides is 3. The Morgan fingerprint density at radius 2 is 1.88 bits per heavy atom. The Balaban J connectivity index is 1.72. The maximum atomic E-state index is 12.8.